The van der Waals surface area contributed by atoms with Crippen molar-refractivity contribution in [3.8, 4) is 0 Å². The molecule has 1 aromatic rings. The number of allylic oxidation sites excluding steroid dienone is 8. The molecule has 1 fully saturated rings. The molecule has 0 atom stereocenters. The second kappa shape index (κ2) is 6.76. The lowest BCUT2D eigenvalue weighted by atomic mass is 9.80. The van der Waals surface area contributed by atoms with E-state index in [0.717, 1.165) is 25.8 Å². The van der Waals surface area contributed by atoms with Crippen molar-refractivity contribution in [2.45, 2.75) is 52.0 Å². The van der Waals surface area contributed by atoms with Gasteiger partial charge in [0.1, 0.15) is 0 Å². The third-order valence-electron chi connectivity index (χ3n) is 5.47. The van der Waals surface area contributed by atoms with Gasteiger partial charge in [0.15, 0.2) is 0 Å². The first kappa shape index (κ1) is 15.4. The maximum Gasteiger partial charge on any atom is 0.0684 e. The van der Waals surface area contributed by atoms with Crippen molar-refractivity contribution >= 4 is 5.71 Å². The van der Waals surface area contributed by atoms with Crippen LogP contribution in [-0.2, 0) is 13.0 Å². The normalized spacial score (nSPS) is 23.8. The first-order valence-electron chi connectivity index (χ1n) is 9.20. The number of hydrogen-bond donors (Lipinski definition) is 0. The SMILES string of the molecule is C/C1=C2\CCC3=CCC=CC=C3C2=NCc2ccccc2CCC1. The van der Waals surface area contributed by atoms with E-state index in [1.807, 2.05) is 0 Å². The number of benzene rings is 1. The molecule has 122 valence electrons. The van der Waals surface area contributed by atoms with Gasteiger partial charge in [0.05, 0.1) is 12.3 Å². The van der Waals surface area contributed by atoms with Gasteiger partial charge in [0.25, 0.3) is 0 Å². The largest absolute Gasteiger partial charge is 0.280 e. The van der Waals surface area contributed by atoms with Gasteiger partial charge in [-0.3, -0.25) is 4.99 Å². The second-order valence-corrected chi connectivity index (χ2v) is 7.02. The van der Waals surface area contributed by atoms with Crippen molar-refractivity contribution in [1.82, 2.24) is 0 Å². The fourth-order valence-corrected chi connectivity index (χ4v) is 4.09. The molecule has 0 bridgehead atoms. The van der Waals surface area contributed by atoms with Crippen LogP contribution < -0.4 is 0 Å². The van der Waals surface area contributed by atoms with Gasteiger partial charge >= 0.3 is 0 Å². The number of nitrogens with zero attached hydrogens (tertiary/aromatic N) is 1. The summed E-state index contributed by atoms with van der Waals surface area (Å²) in [7, 11) is 0. The van der Waals surface area contributed by atoms with Crippen LogP contribution in [-0.4, -0.2) is 5.71 Å². The van der Waals surface area contributed by atoms with Crippen LogP contribution in [0, 0.1) is 0 Å². The van der Waals surface area contributed by atoms with Crippen molar-refractivity contribution in [1.29, 1.82) is 0 Å². The third kappa shape index (κ3) is 2.96. The van der Waals surface area contributed by atoms with Crippen LogP contribution in [0.25, 0.3) is 0 Å². The van der Waals surface area contributed by atoms with Gasteiger partial charge < -0.3 is 0 Å². The van der Waals surface area contributed by atoms with Gasteiger partial charge in [-0.2, -0.15) is 0 Å². The minimum Gasteiger partial charge on any atom is -0.280 e. The zero-order valence-electron chi connectivity index (χ0n) is 14.5. The molecule has 1 heteroatoms. The minimum absolute atomic E-state index is 0.802. The highest BCUT2D eigenvalue weighted by molar-refractivity contribution is 6.16. The molecule has 1 saturated carbocycles. The summed E-state index contributed by atoms with van der Waals surface area (Å²) < 4.78 is 0. The van der Waals surface area contributed by atoms with Crippen LogP contribution in [0.15, 0.2) is 75.9 Å². The molecule has 4 rings (SSSR count). The average molecular weight is 315 g/mol. The Morgan fingerprint density at radius 2 is 1.83 bits per heavy atom. The fourth-order valence-electron chi connectivity index (χ4n) is 4.09. The van der Waals surface area contributed by atoms with Crippen LogP contribution >= 0.6 is 0 Å². The van der Waals surface area contributed by atoms with E-state index in [1.165, 1.54) is 52.8 Å². The van der Waals surface area contributed by atoms with E-state index in [-0.39, 0.29) is 0 Å². The Labute approximate surface area is 145 Å². The first-order valence-corrected chi connectivity index (χ1v) is 9.20. The molecule has 1 aliphatic heterocycles. The van der Waals surface area contributed by atoms with E-state index in [9.17, 15) is 0 Å². The molecule has 2 aliphatic carbocycles. The Bertz CT molecular complexity index is 799. The summed E-state index contributed by atoms with van der Waals surface area (Å²) in [4.78, 5) is 5.14. The third-order valence-corrected chi connectivity index (χ3v) is 5.47. The molecule has 0 N–H and O–H groups in total. The lowest BCUT2D eigenvalue weighted by Crippen LogP contribution is -2.18. The molecule has 0 radical (unpaired) electrons. The van der Waals surface area contributed by atoms with Crippen LogP contribution in [0.4, 0.5) is 0 Å². The Balaban J connectivity index is 1.82. The van der Waals surface area contributed by atoms with Crippen molar-refractivity contribution in [3.63, 3.8) is 0 Å². The smallest absolute Gasteiger partial charge is 0.0684 e. The van der Waals surface area contributed by atoms with E-state index >= 15 is 0 Å². The molecule has 0 spiro atoms. The number of aliphatic imine (C=N–C) groups is 1. The van der Waals surface area contributed by atoms with E-state index in [4.69, 9.17) is 4.99 Å². The van der Waals surface area contributed by atoms with E-state index in [0.29, 0.717) is 0 Å². The molecule has 1 heterocycles. The van der Waals surface area contributed by atoms with Crippen molar-refractivity contribution < 1.29 is 0 Å². The summed E-state index contributed by atoms with van der Waals surface area (Å²) >= 11 is 0. The quantitative estimate of drug-likeness (QED) is 0.566. The number of aryl methyl sites for hydroxylation is 1. The van der Waals surface area contributed by atoms with Crippen LogP contribution in [0.1, 0.15) is 50.2 Å². The first-order chi connectivity index (χ1) is 11.8. The Kier molecular flexibility index (Phi) is 4.34. The molecular weight excluding hydrogens is 290 g/mol. The number of rotatable bonds is 0. The van der Waals surface area contributed by atoms with Gasteiger partial charge in [-0.15, -0.1) is 0 Å². The van der Waals surface area contributed by atoms with Crippen molar-refractivity contribution in [3.05, 3.63) is 82.0 Å². The van der Waals surface area contributed by atoms with E-state index < -0.39 is 0 Å². The van der Waals surface area contributed by atoms with E-state index in [2.05, 4.69) is 55.5 Å². The Hall–Kier alpha value is -2.15. The lowest BCUT2D eigenvalue weighted by molar-refractivity contribution is 0.781. The molecule has 1 nitrogen and oxygen atoms in total. The Morgan fingerprint density at radius 1 is 0.958 bits per heavy atom. The van der Waals surface area contributed by atoms with Crippen LogP contribution in [0.2, 0.25) is 0 Å². The van der Waals surface area contributed by atoms with Crippen molar-refractivity contribution in [2.24, 2.45) is 4.99 Å². The lowest BCUT2D eigenvalue weighted by Gasteiger charge is -2.26. The molecule has 0 amide bonds. The predicted molar refractivity (Wildman–Crippen MR) is 102 cm³/mol. The number of hydrogen-bond acceptors (Lipinski definition) is 1. The summed E-state index contributed by atoms with van der Waals surface area (Å²) in [5.41, 5.74) is 10.0. The van der Waals surface area contributed by atoms with E-state index in [1.54, 1.807) is 5.57 Å². The van der Waals surface area contributed by atoms with Crippen molar-refractivity contribution in [2.75, 3.05) is 0 Å². The maximum absolute atomic E-state index is 5.14. The molecule has 24 heavy (non-hydrogen) atoms. The molecule has 0 aromatic heterocycles. The van der Waals surface area contributed by atoms with Gasteiger partial charge in [-0.1, -0.05) is 54.1 Å². The minimum atomic E-state index is 0.802. The highest BCUT2D eigenvalue weighted by atomic mass is 14.7. The van der Waals surface area contributed by atoms with Gasteiger partial charge in [0, 0.05) is 5.57 Å². The summed E-state index contributed by atoms with van der Waals surface area (Å²) in [6.45, 7) is 3.12. The van der Waals surface area contributed by atoms with Crippen LogP contribution in [0.5, 0.6) is 0 Å². The summed E-state index contributed by atoms with van der Waals surface area (Å²) in [5.74, 6) is 0. The second-order valence-electron chi connectivity index (χ2n) is 7.02. The van der Waals surface area contributed by atoms with Gasteiger partial charge in [-0.05, 0) is 67.7 Å². The molecule has 1 aromatic carbocycles. The highest BCUT2D eigenvalue weighted by Gasteiger charge is 2.24. The topological polar surface area (TPSA) is 12.4 Å². The monoisotopic (exact) mass is 315 g/mol. The average Bonchev–Trinajstić information content (AvgIpc) is 2.86. The predicted octanol–water partition coefficient (Wildman–Crippen LogP) is 5.89. The molecule has 3 aliphatic rings. The molecule has 0 unspecified atom stereocenters. The highest BCUT2D eigenvalue weighted by Crippen LogP contribution is 2.35. The van der Waals surface area contributed by atoms with Gasteiger partial charge in [-0.25, -0.2) is 0 Å². The summed E-state index contributed by atoms with van der Waals surface area (Å²) in [6, 6.07) is 8.83. The molecule has 0 saturated heterocycles. The fraction of sp³-hybridized carbons (Fsp3) is 0.348. The molecular formula is C23H25N. The van der Waals surface area contributed by atoms with Crippen LogP contribution in [0.3, 0.4) is 0 Å². The zero-order chi connectivity index (χ0) is 16.4. The van der Waals surface area contributed by atoms with Gasteiger partial charge in [0.2, 0.25) is 0 Å². The number of fused-ring (bicyclic) bond motifs is 4. The zero-order valence-corrected chi connectivity index (χ0v) is 14.5. The Morgan fingerprint density at radius 3 is 2.75 bits per heavy atom. The summed E-state index contributed by atoms with van der Waals surface area (Å²) in [5, 5.41) is 0. The standard InChI is InChI=1S/C23H25N/c1-17-8-7-12-18-9-5-6-11-20(18)16-24-23-21(17)15-14-19-10-3-2-4-13-22(19)23/h2,4-6,9-11,13H,3,7-8,12,14-16H2,1H3/b21-17-,24-23?. The maximum atomic E-state index is 5.14. The summed E-state index contributed by atoms with van der Waals surface area (Å²) in [6.07, 6.45) is 16.1.